The molecule has 1 aromatic carbocycles. The normalized spacial score (nSPS) is 19.0. The highest BCUT2D eigenvalue weighted by atomic mass is 16.5. The number of fused-ring (bicyclic) bond motifs is 4. The zero-order chi connectivity index (χ0) is 21.7. The van der Waals surface area contributed by atoms with E-state index in [0.29, 0.717) is 12.4 Å². The second kappa shape index (κ2) is 7.46. The first-order valence-electron chi connectivity index (χ1n) is 10.9. The number of hydrogen-bond donors (Lipinski definition) is 2. The molecule has 162 valence electrons. The van der Waals surface area contributed by atoms with Crippen molar-refractivity contribution in [2.75, 3.05) is 13.2 Å². The molecule has 7 heteroatoms. The van der Waals surface area contributed by atoms with Crippen molar-refractivity contribution in [3.05, 3.63) is 94.5 Å². The summed E-state index contributed by atoms with van der Waals surface area (Å²) in [6, 6.07) is 9.65. The Kier molecular flexibility index (Phi) is 4.43. The average Bonchev–Trinajstić information content (AvgIpc) is 3.40. The number of nitrogens with one attached hydrogen (secondary N) is 2. The van der Waals surface area contributed by atoms with Crippen molar-refractivity contribution in [1.29, 1.82) is 0 Å². The zero-order valence-corrected chi connectivity index (χ0v) is 17.9. The van der Waals surface area contributed by atoms with Crippen LogP contribution in [-0.2, 0) is 20.0 Å². The number of hydrogen-bond acceptors (Lipinski definition) is 5. The van der Waals surface area contributed by atoms with Crippen LogP contribution in [0.15, 0.2) is 77.6 Å². The van der Waals surface area contributed by atoms with Crippen molar-refractivity contribution in [3.63, 3.8) is 0 Å². The Morgan fingerprint density at radius 2 is 2.16 bits per heavy atom. The summed E-state index contributed by atoms with van der Waals surface area (Å²) in [5.74, 6) is 0.569. The van der Waals surface area contributed by atoms with Gasteiger partial charge in [0.05, 0.1) is 11.2 Å². The smallest absolute Gasteiger partial charge is 0.258 e. The summed E-state index contributed by atoms with van der Waals surface area (Å²) in [5, 5.41) is 7.95. The van der Waals surface area contributed by atoms with Gasteiger partial charge >= 0.3 is 0 Å². The van der Waals surface area contributed by atoms with E-state index in [-0.39, 0.29) is 11.7 Å². The Morgan fingerprint density at radius 3 is 3.06 bits per heavy atom. The Balaban J connectivity index is 1.24. The van der Waals surface area contributed by atoms with Crippen LogP contribution in [0.25, 0.3) is 16.6 Å². The third-order valence-corrected chi connectivity index (χ3v) is 6.48. The molecule has 0 fully saturated rings. The van der Waals surface area contributed by atoms with Gasteiger partial charge in [-0.2, -0.15) is 0 Å². The van der Waals surface area contributed by atoms with Crippen LogP contribution in [0.1, 0.15) is 11.3 Å². The van der Waals surface area contributed by atoms with Crippen molar-refractivity contribution in [3.8, 4) is 11.4 Å². The fourth-order valence-electron chi connectivity index (χ4n) is 4.79. The molecule has 0 saturated carbocycles. The van der Waals surface area contributed by atoms with E-state index in [1.807, 2.05) is 36.8 Å². The predicted molar refractivity (Wildman–Crippen MR) is 125 cm³/mol. The fourth-order valence-corrected chi connectivity index (χ4v) is 4.79. The molecule has 0 saturated heterocycles. The summed E-state index contributed by atoms with van der Waals surface area (Å²) in [5.41, 5.74) is 5.70. The highest BCUT2D eigenvalue weighted by Gasteiger charge is 2.19. The fraction of sp³-hybridized carbons (Fsp3) is 0.240. The predicted octanol–water partition coefficient (Wildman–Crippen LogP) is 2.51. The van der Waals surface area contributed by atoms with Gasteiger partial charge < -0.3 is 24.8 Å². The molecule has 0 spiro atoms. The number of aryl methyl sites for hydroxylation is 1. The summed E-state index contributed by atoms with van der Waals surface area (Å²) >= 11 is 0. The van der Waals surface area contributed by atoms with Gasteiger partial charge in [0.15, 0.2) is 0 Å². The van der Waals surface area contributed by atoms with Gasteiger partial charge in [-0.3, -0.25) is 9.36 Å². The molecule has 0 radical (unpaired) electrons. The second-order valence-corrected chi connectivity index (χ2v) is 8.41. The van der Waals surface area contributed by atoms with Gasteiger partial charge in [0.1, 0.15) is 18.5 Å². The monoisotopic (exact) mass is 427 g/mol. The summed E-state index contributed by atoms with van der Waals surface area (Å²) in [6.45, 7) is 2.31. The van der Waals surface area contributed by atoms with Crippen LogP contribution in [0.2, 0.25) is 0 Å². The number of ether oxygens (including phenoxy) is 1. The average molecular weight is 428 g/mol. The van der Waals surface area contributed by atoms with E-state index in [9.17, 15) is 4.79 Å². The maximum absolute atomic E-state index is 12.9. The molecule has 5 heterocycles. The molecule has 6 rings (SSSR count). The number of rotatable bonds is 4. The van der Waals surface area contributed by atoms with Crippen molar-refractivity contribution >= 4 is 10.9 Å². The minimum Gasteiger partial charge on any atom is -0.489 e. The highest BCUT2D eigenvalue weighted by Crippen LogP contribution is 2.29. The molecule has 2 N–H and O–H groups in total. The highest BCUT2D eigenvalue weighted by molar-refractivity contribution is 5.87. The molecule has 1 atom stereocenters. The van der Waals surface area contributed by atoms with Crippen molar-refractivity contribution in [2.24, 2.45) is 7.05 Å². The minimum absolute atomic E-state index is 0.109. The lowest BCUT2D eigenvalue weighted by Gasteiger charge is -2.23. The van der Waals surface area contributed by atoms with Crippen LogP contribution < -0.4 is 20.9 Å². The molecule has 2 aromatic heterocycles. The number of pyridine rings is 1. The minimum atomic E-state index is -0.109. The number of nitrogens with zero attached hydrogens (tertiary/aromatic N) is 3. The van der Waals surface area contributed by atoms with Crippen LogP contribution in [0, 0.1) is 0 Å². The van der Waals surface area contributed by atoms with Gasteiger partial charge in [-0.15, -0.1) is 0 Å². The van der Waals surface area contributed by atoms with Crippen molar-refractivity contribution in [2.45, 2.75) is 19.1 Å². The van der Waals surface area contributed by atoms with E-state index >= 15 is 0 Å². The van der Waals surface area contributed by atoms with E-state index in [4.69, 9.17) is 4.74 Å². The Bertz CT molecular complexity index is 1360. The van der Waals surface area contributed by atoms with E-state index in [0.717, 1.165) is 36.3 Å². The van der Waals surface area contributed by atoms with Crippen LogP contribution in [0.5, 0.6) is 5.75 Å². The van der Waals surface area contributed by atoms with E-state index < -0.39 is 0 Å². The molecule has 0 bridgehead atoms. The molecule has 0 amide bonds. The van der Waals surface area contributed by atoms with E-state index in [2.05, 4.69) is 45.4 Å². The first-order valence-corrected chi connectivity index (χ1v) is 10.9. The summed E-state index contributed by atoms with van der Waals surface area (Å²) in [6.07, 6.45) is 13.1. The largest absolute Gasteiger partial charge is 0.489 e. The van der Waals surface area contributed by atoms with Crippen LogP contribution in [0.3, 0.4) is 0 Å². The van der Waals surface area contributed by atoms with Gasteiger partial charge in [0.2, 0.25) is 0 Å². The van der Waals surface area contributed by atoms with Crippen LogP contribution >= 0.6 is 0 Å². The molecule has 7 nitrogen and oxygen atoms in total. The molecule has 32 heavy (non-hydrogen) atoms. The summed E-state index contributed by atoms with van der Waals surface area (Å²) in [4.78, 5) is 15.0. The molecule has 3 aliphatic rings. The quantitative estimate of drug-likeness (QED) is 0.670. The lowest BCUT2D eigenvalue weighted by Crippen LogP contribution is -2.32. The van der Waals surface area contributed by atoms with Gasteiger partial charge in [0.25, 0.3) is 5.56 Å². The Labute approximate surface area is 185 Å². The zero-order valence-electron chi connectivity index (χ0n) is 17.9. The van der Waals surface area contributed by atoms with Gasteiger partial charge in [-0.25, -0.2) is 0 Å². The summed E-state index contributed by atoms with van der Waals surface area (Å²) < 4.78 is 9.83. The third kappa shape index (κ3) is 3.13. The van der Waals surface area contributed by atoms with Crippen LogP contribution in [-0.4, -0.2) is 33.4 Å². The van der Waals surface area contributed by atoms with Crippen LogP contribution in [0.4, 0.5) is 0 Å². The topological polar surface area (TPSA) is 63.5 Å². The molecule has 3 aromatic rings. The van der Waals surface area contributed by atoms with Crippen molar-refractivity contribution < 1.29 is 4.74 Å². The van der Waals surface area contributed by atoms with Gasteiger partial charge in [0, 0.05) is 74.1 Å². The second-order valence-electron chi connectivity index (χ2n) is 8.41. The molecule has 3 aliphatic heterocycles. The van der Waals surface area contributed by atoms with E-state index in [1.54, 1.807) is 16.8 Å². The lowest BCUT2D eigenvalue weighted by molar-refractivity contribution is 0.344. The van der Waals surface area contributed by atoms with Crippen molar-refractivity contribution in [1.82, 2.24) is 24.7 Å². The Morgan fingerprint density at radius 1 is 1.22 bits per heavy atom. The van der Waals surface area contributed by atoms with E-state index in [1.165, 1.54) is 16.6 Å². The maximum Gasteiger partial charge on any atom is 0.258 e. The first-order chi connectivity index (χ1) is 15.7. The molecule has 0 aliphatic carbocycles. The van der Waals surface area contributed by atoms with Gasteiger partial charge in [-0.1, -0.05) is 12.1 Å². The molecule has 1 unspecified atom stereocenters. The first kappa shape index (κ1) is 19.0. The third-order valence-electron chi connectivity index (χ3n) is 6.48. The standard InChI is InChI=1S/C25H25N5O2/c1-28-22-6-8-26-14-21(22)20-4-3-18(12-23(20)28)30-10-7-19(13-25(30)31)32-16-17-2-5-24-27-9-11-29(24)15-17/h2-5,7,9-13,15,24,26-27H,6,8,14,16H2,1H3. The lowest BCUT2D eigenvalue weighted by atomic mass is 10.1. The maximum atomic E-state index is 12.9. The molecular formula is C25H25N5O2. The Hall–Kier alpha value is -3.71. The molecular weight excluding hydrogens is 402 g/mol. The summed E-state index contributed by atoms with van der Waals surface area (Å²) in [7, 11) is 2.11. The van der Waals surface area contributed by atoms with Gasteiger partial charge in [-0.05, 0) is 29.8 Å². The SMILES string of the molecule is Cn1c2c(c3ccc(-n4ccc(OCC5=CN6C=CNC6C=C5)cc4=O)cc31)CNCC2. The number of aromatic nitrogens is 2. The number of benzene rings is 1.